The molecule has 1 aromatic rings. The van der Waals surface area contributed by atoms with Gasteiger partial charge in [-0.3, -0.25) is 0 Å². The van der Waals surface area contributed by atoms with Crippen LogP contribution in [-0.4, -0.2) is 17.5 Å². The van der Waals surface area contributed by atoms with Gasteiger partial charge in [-0.2, -0.15) is 11.8 Å². The van der Waals surface area contributed by atoms with Gasteiger partial charge >= 0.3 is 0 Å². The Kier molecular flexibility index (Phi) is 3.60. The molecule has 2 N–H and O–H groups in total. The molecule has 0 spiro atoms. The topological polar surface area (TPSA) is 26.0 Å². The lowest BCUT2D eigenvalue weighted by Crippen LogP contribution is -2.30. The fourth-order valence-corrected chi connectivity index (χ4v) is 3.97. The molecule has 1 heterocycles. The standard InChI is InChI=1S/C14H21NS/c1-9-4-10(2)13(11(3)5-9)6-12-7-16-8-14(12)15/h4-5,12,14H,6-8,15H2,1-3H3. The van der Waals surface area contributed by atoms with E-state index in [1.165, 1.54) is 28.0 Å². The van der Waals surface area contributed by atoms with Gasteiger partial charge < -0.3 is 5.73 Å². The largest absolute Gasteiger partial charge is 0.327 e. The van der Waals surface area contributed by atoms with E-state index in [0.29, 0.717) is 12.0 Å². The highest BCUT2D eigenvalue weighted by molar-refractivity contribution is 7.99. The van der Waals surface area contributed by atoms with E-state index in [1.54, 1.807) is 0 Å². The second kappa shape index (κ2) is 4.80. The zero-order chi connectivity index (χ0) is 11.7. The first-order valence-corrected chi connectivity index (χ1v) is 7.13. The summed E-state index contributed by atoms with van der Waals surface area (Å²) < 4.78 is 0. The zero-order valence-electron chi connectivity index (χ0n) is 10.4. The van der Waals surface area contributed by atoms with Crippen LogP contribution in [0, 0.1) is 26.7 Å². The molecule has 1 aromatic carbocycles. The number of aryl methyl sites for hydroxylation is 3. The van der Waals surface area contributed by atoms with Gasteiger partial charge in [0, 0.05) is 11.8 Å². The Morgan fingerprint density at radius 2 is 1.81 bits per heavy atom. The van der Waals surface area contributed by atoms with E-state index in [1.807, 2.05) is 11.8 Å². The summed E-state index contributed by atoms with van der Waals surface area (Å²) in [5.74, 6) is 3.04. The highest BCUT2D eigenvalue weighted by Crippen LogP contribution is 2.28. The van der Waals surface area contributed by atoms with Gasteiger partial charge in [0.05, 0.1) is 0 Å². The van der Waals surface area contributed by atoms with Crippen LogP contribution >= 0.6 is 11.8 Å². The van der Waals surface area contributed by atoms with Crippen molar-refractivity contribution in [3.05, 3.63) is 34.4 Å². The van der Waals surface area contributed by atoms with Crippen molar-refractivity contribution < 1.29 is 0 Å². The zero-order valence-corrected chi connectivity index (χ0v) is 11.2. The smallest absolute Gasteiger partial charge is 0.0170 e. The average Bonchev–Trinajstić information content (AvgIpc) is 2.57. The van der Waals surface area contributed by atoms with Crippen LogP contribution in [0.5, 0.6) is 0 Å². The molecule has 1 aliphatic rings. The molecule has 88 valence electrons. The van der Waals surface area contributed by atoms with Crippen molar-refractivity contribution in [3.8, 4) is 0 Å². The summed E-state index contributed by atoms with van der Waals surface area (Å²) in [5, 5.41) is 0. The predicted molar refractivity (Wildman–Crippen MR) is 73.1 cm³/mol. The maximum Gasteiger partial charge on any atom is 0.0170 e. The van der Waals surface area contributed by atoms with Crippen LogP contribution in [0.4, 0.5) is 0 Å². The van der Waals surface area contributed by atoms with Crippen molar-refractivity contribution >= 4 is 11.8 Å². The summed E-state index contributed by atoms with van der Waals surface area (Å²) >= 11 is 2.00. The van der Waals surface area contributed by atoms with Crippen molar-refractivity contribution in [1.29, 1.82) is 0 Å². The van der Waals surface area contributed by atoms with Gasteiger partial charge in [-0.25, -0.2) is 0 Å². The van der Waals surface area contributed by atoms with E-state index in [4.69, 9.17) is 5.73 Å². The molecule has 0 saturated carbocycles. The van der Waals surface area contributed by atoms with Crippen LogP contribution in [-0.2, 0) is 6.42 Å². The lowest BCUT2D eigenvalue weighted by Gasteiger charge is -2.18. The summed E-state index contributed by atoms with van der Waals surface area (Å²) in [6, 6.07) is 4.97. The van der Waals surface area contributed by atoms with Gasteiger partial charge in [0.25, 0.3) is 0 Å². The quantitative estimate of drug-likeness (QED) is 0.853. The number of benzene rings is 1. The Labute approximate surface area is 103 Å². The van der Waals surface area contributed by atoms with E-state index in [9.17, 15) is 0 Å². The van der Waals surface area contributed by atoms with Gasteiger partial charge in [-0.1, -0.05) is 17.7 Å². The first-order chi connectivity index (χ1) is 7.58. The fraction of sp³-hybridized carbons (Fsp3) is 0.571. The summed E-state index contributed by atoms with van der Waals surface area (Å²) in [6.45, 7) is 6.62. The number of hydrogen-bond donors (Lipinski definition) is 1. The summed E-state index contributed by atoms with van der Waals surface area (Å²) in [7, 11) is 0. The molecule has 0 aromatic heterocycles. The molecule has 0 aliphatic carbocycles. The Hall–Kier alpha value is -0.470. The second-order valence-corrected chi connectivity index (χ2v) is 6.12. The monoisotopic (exact) mass is 235 g/mol. The summed E-state index contributed by atoms with van der Waals surface area (Å²) in [4.78, 5) is 0. The summed E-state index contributed by atoms with van der Waals surface area (Å²) in [5.41, 5.74) is 11.9. The Bertz CT molecular complexity index is 363. The molecular weight excluding hydrogens is 214 g/mol. The van der Waals surface area contributed by atoms with Gasteiger partial charge in [0.1, 0.15) is 0 Å². The molecule has 1 fully saturated rings. The molecular formula is C14H21NS. The van der Waals surface area contributed by atoms with E-state index >= 15 is 0 Å². The van der Waals surface area contributed by atoms with Crippen molar-refractivity contribution in [1.82, 2.24) is 0 Å². The Morgan fingerprint density at radius 3 is 2.31 bits per heavy atom. The van der Waals surface area contributed by atoms with Crippen molar-refractivity contribution in [2.24, 2.45) is 11.7 Å². The number of hydrogen-bond acceptors (Lipinski definition) is 2. The van der Waals surface area contributed by atoms with Crippen molar-refractivity contribution in [2.75, 3.05) is 11.5 Å². The van der Waals surface area contributed by atoms with Gasteiger partial charge in [0.15, 0.2) is 0 Å². The molecule has 0 bridgehead atoms. The molecule has 16 heavy (non-hydrogen) atoms. The minimum Gasteiger partial charge on any atom is -0.327 e. The maximum atomic E-state index is 6.14. The first-order valence-electron chi connectivity index (χ1n) is 5.98. The first kappa shape index (κ1) is 12.0. The van der Waals surface area contributed by atoms with Crippen LogP contribution in [0.25, 0.3) is 0 Å². The SMILES string of the molecule is Cc1cc(C)c(CC2CSCC2N)c(C)c1. The normalized spacial score (nSPS) is 25.0. The Balaban J connectivity index is 2.21. The lowest BCUT2D eigenvalue weighted by atomic mass is 9.89. The summed E-state index contributed by atoms with van der Waals surface area (Å²) in [6.07, 6.45) is 1.16. The second-order valence-electron chi connectivity index (χ2n) is 5.04. The van der Waals surface area contributed by atoms with Crippen LogP contribution in [0.3, 0.4) is 0 Å². The number of rotatable bonds is 2. The molecule has 1 nitrogen and oxygen atoms in total. The van der Waals surface area contributed by atoms with E-state index in [-0.39, 0.29) is 0 Å². The number of nitrogens with two attached hydrogens (primary N) is 1. The molecule has 2 heteroatoms. The third-order valence-corrected chi connectivity index (χ3v) is 4.84. The van der Waals surface area contributed by atoms with Gasteiger partial charge in [-0.15, -0.1) is 0 Å². The molecule has 2 rings (SSSR count). The van der Waals surface area contributed by atoms with E-state index in [2.05, 4.69) is 32.9 Å². The maximum absolute atomic E-state index is 6.14. The van der Waals surface area contributed by atoms with Gasteiger partial charge in [0.2, 0.25) is 0 Å². The molecule has 2 atom stereocenters. The third-order valence-electron chi connectivity index (χ3n) is 3.55. The minimum atomic E-state index is 0.394. The fourth-order valence-electron chi connectivity index (χ4n) is 2.62. The number of thioether (sulfide) groups is 1. The van der Waals surface area contributed by atoms with Crippen molar-refractivity contribution in [2.45, 2.75) is 33.2 Å². The van der Waals surface area contributed by atoms with Crippen molar-refractivity contribution in [3.63, 3.8) is 0 Å². The molecule has 0 radical (unpaired) electrons. The molecule has 1 aliphatic heterocycles. The van der Waals surface area contributed by atoms with E-state index in [0.717, 1.165) is 12.2 Å². The van der Waals surface area contributed by atoms with E-state index < -0.39 is 0 Å². The van der Waals surface area contributed by atoms with Crippen LogP contribution in [0.15, 0.2) is 12.1 Å². The van der Waals surface area contributed by atoms with Crippen LogP contribution < -0.4 is 5.73 Å². The highest BCUT2D eigenvalue weighted by Gasteiger charge is 2.25. The lowest BCUT2D eigenvalue weighted by molar-refractivity contribution is 0.513. The molecule has 2 unspecified atom stereocenters. The molecule has 0 amide bonds. The Morgan fingerprint density at radius 1 is 1.19 bits per heavy atom. The highest BCUT2D eigenvalue weighted by atomic mass is 32.2. The van der Waals surface area contributed by atoms with Gasteiger partial charge in [-0.05, 0) is 55.6 Å². The predicted octanol–water partition coefficient (Wildman–Crippen LogP) is 2.84. The third kappa shape index (κ3) is 2.44. The average molecular weight is 235 g/mol. The van der Waals surface area contributed by atoms with Crippen LogP contribution in [0.2, 0.25) is 0 Å². The minimum absolute atomic E-state index is 0.394. The van der Waals surface area contributed by atoms with Crippen LogP contribution in [0.1, 0.15) is 22.3 Å². The molecule has 1 saturated heterocycles.